The van der Waals surface area contributed by atoms with Crippen molar-refractivity contribution in [2.24, 2.45) is 0 Å². The highest BCUT2D eigenvalue weighted by atomic mass is 32.1. The maximum Gasteiger partial charge on any atom is 0.434 e. The summed E-state index contributed by atoms with van der Waals surface area (Å²) in [5.74, 6) is 0.359. The molecule has 0 amide bonds. The third-order valence-electron chi connectivity index (χ3n) is 3.72. The second kappa shape index (κ2) is 6.88. The van der Waals surface area contributed by atoms with Gasteiger partial charge in [-0.3, -0.25) is 4.98 Å². The maximum absolute atomic E-state index is 13.6. The van der Waals surface area contributed by atoms with Gasteiger partial charge in [0.25, 0.3) is 0 Å². The zero-order chi connectivity index (χ0) is 18.9. The molecule has 0 aliphatic carbocycles. The smallest absolute Gasteiger partial charge is 0.264 e. The number of aromatic nitrogens is 4. The van der Waals surface area contributed by atoms with Crippen molar-refractivity contribution in [2.45, 2.75) is 6.18 Å². The molecule has 0 fully saturated rings. The van der Waals surface area contributed by atoms with Crippen molar-refractivity contribution in [3.8, 4) is 32.5 Å². The fourth-order valence-electron chi connectivity index (χ4n) is 2.51. The Morgan fingerprint density at radius 3 is 2.30 bits per heavy atom. The van der Waals surface area contributed by atoms with Crippen molar-refractivity contribution in [3.05, 3.63) is 72.8 Å². The van der Waals surface area contributed by atoms with Gasteiger partial charge in [-0.1, -0.05) is 30.3 Å². The lowest BCUT2D eigenvalue weighted by atomic mass is 10.2. The van der Waals surface area contributed by atoms with Crippen LogP contribution in [0.15, 0.2) is 67.1 Å². The van der Waals surface area contributed by atoms with Crippen LogP contribution in [0.3, 0.4) is 0 Å². The van der Waals surface area contributed by atoms with E-state index in [1.165, 1.54) is 18.5 Å². The van der Waals surface area contributed by atoms with Crippen LogP contribution in [0.1, 0.15) is 5.69 Å². The second-order valence-corrected chi connectivity index (χ2v) is 6.57. The summed E-state index contributed by atoms with van der Waals surface area (Å²) >= 11 is 0.935. The number of alkyl halides is 3. The van der Waals surface area contributed by atoms with Crippen molar-refractivity contribution < 1.29 is 13.2 Å². The molecule has 8 heteroatoms. The van der Waals surface area contributed by atoms with E-state index in [0.717, 1.165) is 16.9 Å². The van der Waals surface area contributed by atoms with E-state index in [0.29, 0.717) is 11.4 Å². The zero-order valence-corrected chi connectivity index (χ0v) is 14.5. The van der Waals surface area contributed by atoms with Gasteiger partial charge in [-0.15, -0.1) is 11.3 Å². The predicted molar refractivity (Wildman–Crippen MR) is 96.8 cm³/mol. The summed E-state index contributed by atoms with van der Waals surface area (Å²) in [5.41, 5.74) is 0.481. The summed E-state index contributed by atoms with van der Waals surface area (Å²) in [7, 11) is 0. The second-order valence-electron chi connectivity index (χ2n) is 5.57. The lowest BCUT2D eigenvalue weighted by Gasteiger charge is -2.06. The summed E-state index contributed by atoms with van der Waals surface area (Å²) < 4.78 is 40.7. The van der Waals surface area contributed by atoms with E-state index in [1.54, 1.807) is 30.5 Å². The van der Waals surface area contributed by atoms with E-state index in [9.17, 15) is 13.2 Å². The Labute approximate surface area is 156 Å². The van der Waals surface area contributed by atoms with Gasteiger partial charge in [0, 0.05) is 29.7 Å². The zero-order valence-electron chi connectivity index (χ0n) is 13.7. The lowest BCUT2D eigenvalue weighted by molar-refractivity contribution is -0.140. The number of nitrogens with zero attached hydrogens (tertiary/aromatic N) is 4. The topological polar surface area (TPSA) is 51.6 Å². The van der Waals surface area contributed by atoms with E-state index in [4.69, 9.17) is 0 Å². The van der Waals surface area contributed by atoms with Gasteiger partial charge in [-0.25, -0.2) is 15.0 Å². The van der Waals surface area contributed by atoms with Gasteiger partial charge >= 0.3 is 6.18 Å². The highest BCUT2D eigenvalue weighted by molar-refractivity contribution is 7.18. The Balaban J connectivity index is 1.85. The van der Waals surface area contributed by atoms with Crippen LogP contribution in [0.4, 0.5) is 13.2 Å². The Morgan fingerprint density at radius 1 is 0.815 bits per heavy atom. The highest BCUT2D eigenvalue weighted by Crippen LogP contribution is 2.42. The molecule has 0 radical (unpaired) electrons. The third-order valence-corrected chi connectivity index (χ3v) is 4.85. The largest absolute Gasteiger partial charge is 0.434 e. The first kappa shape index (κ1) is 17.3. The van der Waals surface area contributed by atoms with E-state index < -0.39 is 11.9 Å². The average molecular weight is 384 g/mol. The molecule has 0 N–H and O–H groups in total. The third kappa shape index (κ3) is 3.56. The average Bonchev–Trinajstić information content (AvgIpc) is 3.16. The van der Waals surface area contributed by atoms with Crippen molar-refractivity contribution in [3.63, 3.8) is 0 Å². The molecule has 0 aliphatic heterocycles. The summed E-state index contributed by atoms with van der Waals surface area (Å²) in [5, 5.41) is 0.241. The summed E-state index contributed by atoms with van der Waals surface area (Å²) in [6.45, 7) is 0. The molecule has 3 aromatic heterocycles. The standard InChI is InChI=1S/C19H11F3N4S/c20-19(21,22)16-15(27-18(26-16)13-7-4-9-23-11-13)14-8-10-24-17(25-14)12-5-2-1-3-6-12/h1-11H. The molecule has 4 rings (SSSR count). The minimum absolute atomic E-state index is 0.0408. The minimum Gasteiger partial charge on any atom is -0.264 e. The van der Waals surface area contributed by atoms with Crippen molar-refractivity contribution in [2.75, 3.05) is 0 Å². The normalized spacial score (nSPS) is 11.5. The van der Waals surface area contributed by atoms with E-state index in [1.807, 2.05) is 18.2 Å². The van der Waals surface area contributed by atoms with Gasteiger partial charge in [0.05, 0.1) is 10.6 Å². The fraction of sp³-hybridized carbons (Fsp3) is 0.0526. The SMILES string of the molecule is FC(F)(F)c1nc(-c2cccnc2)sc1-c1ccnc(-c2ccccc2)n1. The van der Waals surface area contributed by atoms with Crippen LogP contribution in [0.25, 0.3) is 32.5 Å². The minimum atomic E-state index is -4.59. The molecule has 0 spiro atoms. The van der Waals surface area contributed by atoms with Gasteiger partial charge in [0.2, 0.25) is 0 Å². The van der Waals surface area contributed by atoms with Gasteiger partial charge in [0.15, 0.2) is 11.5 Å². The lowest BCUT2D eigenvalue weighted by Crippen LogP contribution is -2.07. The Kier molecular flexibility index (Phi) is 4.41. The van der Waals surface area contributed by atoms with E-state index >= 15 is 0 Å². The number of rotatable bonds is 3. The molecule has 0 aliphatic rings. The maximum atomic E-state index is 13.6. The number of pyridine rings is 1. The number of halogens is 3. The molecule has 1 aromatic carbocycles. The van der Waals surface area contributed by atoms with Crippen LogP contribution in [0.5, 0.6) is 0 Å². The molecule has 0 unspecified atom stereocenters. The molecule has 0 saturated carbocycles. The summed E-state index contributed by atoms with van der Waals surface area (Å²) in [4.78, 5) is 16.2. The molecule has 0 bridgehead atoms. The first-order chi connectivity index (χ1) is 13.0. The van der Waals surface area contributed by atoms with E-state index in [2.05, 4.69) is 19.9 Å². The molecular weight excluding hydrogens is 373 g/mol. The first-order valence-corrected chi connectivity index (χ1v) is 8.71. The van der Waals surface area contributed by atoms with Crippen LogP contribution in [0, 0.1) is 0 Å². The van der Waals surface area contributed by atoms with Gasteiger partial charge in [-0.2, -0.15) is 13.2 Å². The molecular formula is C19H11F3N4S. The van der Waals surface area contributed by atoms with Crippen LogP contribution in [-0.2, 0) is 6.18 Å². The predicted octanol–water partition coefficient (Wildman–Crippen LogP) is 5.35. The Hall–Kier alpha value is -3.13. The van der Waals surface area contributed by atoms with Crippen LogP contribution in [-0.4, -0.2) is 19.9 Å². The summed E-state index contributed by atoms with van der Waals surface area (Å²) in [6, 6.07) is 13.9. The van der Waals surface area contributed by atoms with Crippen LogP contribution >= 0.6 is 11.3 Å². The molecule has 0 atom stereocenters. The molecule has 4 aromatic rings. The Bertz CT molecular complexity index is 1060. The van der Waals surface area contributed by atoms with Crippen molar-refractivity contribution in [1.82, 2.24) is 19.9 Å². The summed E-state index contributed by atoms with van der Waals surface area (Å²) in [6.07, 6.45) is -0.101. The molecule has 4 nitrogen and oxygen atoms in total. The van der Waals surface area contributed by atoms with Gasteiger partial charge in [0.1, 0.15) is 5.01 Å². The molecule has 134 valence electrons. The Morgan fingerprint density at radius 2 is 1.59 bits per heavy atom. The number of benzene rings is 1. The molecule has 0 saturated heterocycles. The molecule has 3 heterocycles. The first-order valence-electron chi connectivity index (χ1n) is 7.89. The fourth-order valence-corrected chi connectivity index (χ4v) is 3.56. The number of hydrogen-bond acceptors (Lipinski definition) is 5. The highest BCUT2D eigenvalue weighted by Gasteiger charge is 2.38. The van der Waals surface area contributed by atoms with Gasteiger partial charge < -0.3 is 0 Å². The number of thiazole rings is 1. The monoisotopic (exact) mass is 384 g/mol. The van der Waals surface area contributed by atoms with Crippen LogP contribution in [0.2, 0.25) is 0 Å². The van der Waals surface area contributed by atoms with Gasteiger partial charge in [-0.05, 0) is 18.2 Å². The molecule has 27 heavy (non-hydrogen) atoms. The van der Waals surface area contributed by atoms with Crippen molar-refractivity contribution >= 4 is 11.3 Å². The quantitative estimate of drug-likeness (QED) is 0.478. The van der Waals surface area contributed by atoms with Crippen molar-refractivity contribution in [1.29, 1.82) is 0 Å². The number of hydrogen-bond donors (Lipinski definition) is 0. The van der Waals surface area contributed by atoms with Crippen LogP contribution < -0.4 is 0 Å². The van der Waals surface area contributed by atoms with E-state index in [-0.39, 0.29) is 15.6 Å².